The second kappa shape index (κ2) is 6.93. The third kappa shape index (κ3) is 2.61. The predicted octanol–water partition coefficient (Wildman–Crippen LogP) is -0.572. The monoisotopic (exact) mass is 448 g/mol. The van der Waals surface area contributed by atoms with Gasteiger partial charge in [0.1, 0.15) is 29.5 Å². The van der Waals surface area contributed by atoms with Crippen LogP contribution in [0.4, 0.5) is 0 Å². The van der Waals surface area contributed by atoms with E-state index in [0.29, 0.717) is 0 Å². The summed E-state index contributed by atoms with van der Waals surface area (Å²) >= 11 is 0. The standard InChI is InChI=1S/C22H28N2O8/c1-21(31)8-5-4-6-11(25)12(8)16(26)13-9(21)7-10-15(24(2)3)17(27)14(20(23)30)19(29)22(10,32)18(13)28/h4-6,9-10,15-16,19,25-29,31-32H,7H2,1-3H3,(H2,23,30)/t9-,10-,15?,16?,19?,21+,22-/m0/s1. The van der Waals surface area contributed by atoms with Gasteiger partial charge in [0.05, 0.1) is 17.2 Å². The van der Waals surface area contributed by atoms with Crippen molar-refractivity contribution in [2.75, 3.05) is 14.1 Å². The van der Waals surface area contributed by atoms with Crippen LogP contribution >= 0.6 is 0 Å². The minimum atomic E-state index is -2.49. The second-order valence-electron chi connectivity index (χ2n) is 9.29. The lowest BCUT2D eigenvalue weighted by Gasteiger charge is -2.56. The highest BCUT2D eigenvalue weighted by Crippen LogP contribution is 2.60. The highest BCUT2D eigenvalue weighted by Gasteiger charge is 2.65. The van der Waals surface area contributed by atoms with Gasteiger partial charge in [0.25, 0.3) is 5.91 Å². The lowest BCUT2D eigenvalue weighted by atomic mass is 9.54. The van der Waals surface area contributed by atoms with E-state index in [-0.39, 0.29) is 28.9 Å². The Morgan fingerprint density at radius 2 is 1.78 bits per heavy atom. The number of fused-ring (bicyclic) bond motifs is 3. The smallest absolute Gasteiger partial charge is 0.250 e. The van der Waals surface area contributed by atoms with Gasteiger partial charge < -0.3 is 41.5 Å². The molecule has 1 amide bonds. The number of phenolic OH excluding ortho intramolecular Hbond substituents is 1. The fourth-order valence-corrected chi connectivity index (χ4v) is 5.89. The molecule has 3 aliphatic carbocycles. The molecule has 32 heavy (non-hydrogen) atoms. The molecule has 3 aliphatic rings. The molecule has 0 radical (unpaired) electrons. The molecule has 0 spiro atoms. The Balaban J connectivity index is 2.02. The third-order valence-electron chi connectivity index (χ3n) is 7.41. The van der Waals surface area contributed by atoms with Gasteiger partial charge in [0, 0.05) is 23.0 Å². The number of aromatic hydroxyl groups is 1. The first-order valence-corrected chi connectivity index (χ1v) is 10.2. The number of carbonyl (C=O) groups is 1. The summed E-state index contributed by atoms with van der Waals surface area (Å²) in [7, 11) is 3.16. The van der Waals surface area contributed by atoms with Gasteiger partial charge in [0.2, 0.25) is 0 Å². The quantitative estimate of drug-likeness (QED) is 0.293. The van der Waals surface area contributed by atoms with Gasteiger partial charge in [-0.2, -0.15) is 0 Å². The van der Waals surface area contributed by atoms with E-state index >= 15 is 0 Å². The molecule has 0 fully saturated rings. The maximum atomic E-state index is 12.0. The Morgan fingerprint density at radius 1 is 1.16 bits per heavy atom. The van der Waals surface area contributed by atoms with Crippen LogP contribution in [0.3, 0.4) is 0 Å². The number of phenols is 1. The average molecular weight is 448 g/mol. The van der Waals surface area contributed by atoms with Crippen molar-refractivity contribution in [1.82, 2.24) is 4.90 Å². The van der Waals surface area contributed by atoms with E-state index in [4.69, 9.17) is 5.73 Å². The van der Waals surface area contributed by atoms with E-state index in [0.717, 1.165) is 0 Å². The SMILES string of the molecule is CN(C)C1C(O)=C(C(N)=O)C(O)[C@@]2(O)C(O)=C3C(O)c4c(O)cccc4[C@@](C)(O)[C@H]3C[C@@H]12. The first kappa shape index (κ1) is 22.6. The van der Waals surface area contributed by atoms with Gasteiger partial charge in [-0.05, 0) is 39.1 Å². The van der Waals surface area contributed by atoms with E-state index in [9.17, 15) is 40.5 Å². The number of likely N-dealkylation sites (N-methyl/N-ethyl adjacent to an activating group) is 1. The zero-order valence-corrected chi connectivity index (χ0v) is 17.9. The van der Waals surface area contributed by atoms with Crippen LogP contribution in [0.2, 0.25) is 0 Å². The molecule has 1 aromatic carbocycles. The predicted molar refractivity (Wildman–Crippen MR) is 111 cm³/mol. The van der Waals surface area contributed by atoms with Crippen LogP contribution in [0.1, 0.15) is 30.6 Å². The topological polar surface area (TPSA) is 188 Å². The van der Waals surface area contributed by atoms with Crippen molar-refractivity contribution in [2.45, 2.75) is 42.8 Å². The van der Waals surface area contributed by atoms with E-state index in [2.05, 4.69) is 0 Å². The molecule has 10 nitrogen and oxygen atoms in total. The van der Waals surface area contributed by atoms with Crippen molar-refractivity contribution in [1.29, 1.82) is 0 Å². The van der Waals surface area contributed by atoms with E-state index in [1.807, 2.05) is 0 Å². The van der Waals surface area contributed by atoms with Crippen LogP contribution in [0.25, 0.3) is 0 Å². The summed E-state index contributed by atoms with van der Waals surface area (Å²) in [6.07, 6.45) is -3.76. The molecule has 9 N–H and O–H groups in total. The highest BCUT2D eigenvalue weighted by atomic mass is 16.4. The molecule has 174 valence electrons. The Labute approximate surface area is 184 Å². The lowest BCUT2D eigenvalue weighted by molar-refractivity contribution is -0.157. The molecule has 0 aliphatic heterocycles. The Morgan fingerprint density at radius 3 is 2.34 bits per heavy atom. The van der Waals surface area contributed by atoms with Crippen LogP contribution in [0, 0.1) is 11.8 Å². The van der Waals surface area contributed by atoms with Crippen molar-refractivity contribution in [3.63, 3.8) is 0 Å². The minimum absolute atomic E-state index is 0.0275. The summed E-state index contributed by atoms with van der Waals surface area (Å²) in [5, 5.41) is 77.5. The van der Waals surface area contributed by atoms with Gasteiger partial charge in [-0.25, -0.2) is 0 Å². The van der Waals surface area contributed by atoms with Crippen LogP contribution in [-0.2, 0) is 10.4 Å². The van der Waals surface area contributed by atoms with E-state index in [1.54, 1.807) is 20.2 Å². The summed E-state index contributed by atoms with van der Waals surface area (Å²) < 4.78 is 0. The van der Waals surface area contributed by atoms with Crippen molar-refractivity contribution in [3.8, 4) is 5.75 Å². The second-order valence-corrected chi connectivity index (χ2v) is 9.29. The van der Waals surface area contributed by atoms with Crippen molar-refractivity contribution < 1.29 is 40.5 Å². The Kier molecular flexibility index (Phi) is 4.89. The third-order valence-corrected chi connectivity index (χ3v) is 7.41. The molecular formula is C22H28N2O8. The largest absolute Gasteiger partial charge is 0.510 e. The number of benzene rings is 1. The summed E-state index contributed by atoms with van der Waals surface area (Å²) in [6, 6.07) is 3.35. The van der Waals surface area contributed by atoms with Gasteiger partial charge in [-0.15, -0.1) is 0 Å². The zero-order chi connectivity index (χ0) is 23.9. The van der Waals surface area contributed by atoms with Gasteiger partial charge in [0.15, 0.2) is 5.60 Å². The normalized spacial score (nSPS) is 38.9. The van der Waals surface area contributed by atoms with E-state index < -0.39 is 64.3 Å². The van der Waals surface area contributed by atoms with Crippen molar-refractivity contribution >= 4 is 5.91 Å². The Hall–Kier alpha value is -2.63. The molecule has 10 heteroatoms. The molecule has 0 saturated heterocycles. The van der Waals surface area contributed by atoms with Gasteiger partial charge in [-0.3, -0.25) is 9.69 Å². The number of aliphatic hydroxyl groups excluding tert-OH is 4. The molecule has 0 saturated carbocycles. The molecule has 4 rings (SSSR count). The molecule has 1 aromatic rings. The number of rotatable bonds is 2. The first-order valence-electron chi connectivity index (χ1n) is 10.2. The molecule has 0 aromatic heterocycles. The first-order chi connectivity index (χ1) is 14.8. The molecule has 7 atom stereocenters. The van der Waals surface area contributed by atoms with Gasteiger partial charge >= 0.3 is 0 Å². The summed E-state index contributed by atoms with van der Waals surface area (Å²) in [4.78, 5) is 13.5. The number of hydrogen-bond donors (Lipinski definition) is 8. The van der Waals surface area contributed by atoms with Crippen LogP contribution in [-0.4, -0.2) is 78.4 Å². The van der Waals surface area contributed by atoms with Crippen LogP contribution in [0.15, 0.2) is 40.9 Å². The fourth-order valence-electron chi connectivity index (χ4n) is 5.89. The number of hydrogen-bond acceptors (Lipinski definition) is 9. The molecule has 0 bridgehead atoms. The number of aliphatic hydroxyl groups is 6. The fraction of sp³-hybridized carbons (Fsp3) is 0.500. The van der Waals surface area contributed by atoms with Crippen LogP contribution in [0.5, 0.6) is 5.75 Å². The maximum absolute atomic E-state index is 12.0. The number of amides is 1. The highest BCUT2D eigenvalue weighted by molar-refractivity contribution is 5.94. The zero-order valence-electron chi connectivity index (χ0n) is 17.9. The van der Waals surface area contributed by atoms with Crippen LogP contribution < -0.4 is 5.73 Å². The van der Waals surface area contributed by atoms with Crippen molar-refractivity contribution in [2.24, 2.45) is 17.6 Å². The molecular weight excluding hydrogens is 420 g/mol. The van der Waals surface area contributed by atoms with Crippen molar-refractivity contribution in [3.05, 3.63) is 52.0 Å². The number of carbonyl (C=O) groups excluding carboxylic acids is 1. The molecule has 0 heterocycles. The maximum Gasteiger partial charge on any atom is 0.250 e. The number of nitrogens with zero attached hydrogens (tertiary/aromatic N) is 1. The minimum Gasteiger partial charge on any atom is -0.510 e. The van der Waals surface area contributed by atoms with E-state index in [1.165, 1.54) is 24.0 Å². The summed E-state index contributed by atoms with van der Waals surface area (Å²) in [6.45, 7) is 1.47. The number of primary amides is 1. The summed E-state index contributed by atoms with van der Waals surface area (Å²) in [5.74, 6) is -4.86. The molecule has 3 unspecified atom stereocenters. The van der Waals surface area contributed by atoms with Gasteiger partial charge in [-0.1, -0.05) is 12.1 Å². The summed E-state index contributed by atoms with van der Waals surface area (Å²) in [5.41, 5.74) is 0.596. The lowest BCUT2D eigenvalue weighted by Crippen LogP contribution is -2.66. The Bertz CT molecular complexity index is 1060. The number of nitrogens with two attached hydrogens (primary N) is 1. The average Bonchev–Trinajstić information content (AvgIpc) is 2.68.